The summed E-state index contributed by atoms with van der Waals surface area (Å²) in [4.78, 5) is 28.6. The average molecular weight is 488 g/mol. The topological polar surface area (TPSA) is 89.5 Å². The SMILES string of the molecule is CC(=O)Nc1cc(-c2csc(C)n2)ccc1OCC(=O)Nc1ccc(Oc2cccc(C)c2)cc1. The molecule has 1 heterocycles. The van der Waals surface area contributed by atoms with E-state index >= 15 is 0 Å². The first-order valence-electron chi connectivity index (χ1n) is 11.0. The van der Waals surface area contributed by atoms with Gasteiger partial charge in [0.05, 0.1) is 16.4 Å². The summed E-state index contributed by atoms with van der Waals surface area (Å²) in [6.45, 7) is 5.14. The van der Waals surface area contributed by atoms with Gasteiger partial charge in [-0.2, -0.15) is 0 Å². The highest BCUT2D eigenvalue weighted by Crippen LogP contribution is 2.31. The van der Waals surface area contributed by atoms with Crippen LogP contribution in [0.2, 0.25) is 0 Å². The summed E-state index contributed by atoms with van der Waals surface area (Å²) < 4.78 is 11.5. The Hall–Kier alpha value is -4.17. The number of nitrogens with zero attached hydrogens (tertiary/aromatic N) is 1. The van der Waals surface area contributed by atoms with Gasteiger partial charge in [-0.3, -0.25) is 9.59 Å². The van der Waals surface area contributed by atoms with Gasteiger partial charge in [0.2, 0.25) is 5.91 Å². The van der Waals surface area contributed by atoms with Crippen molar-refractivity contribution in [3.8, 4) is 28.5 Å². The molecule has 2 amide bonds. The summed E-state index contributed by atoms with van der Waals surface area (Å²) in [5, 5.41) is 8.46. The van der Waals surface area contributed by atoms with Gasteiger partial charge in [0.15, 0.2) is 6.61 Å². The van der Waals surface area contributed by atoms with Gasteiger partial charge in [0, 0.05) is 23.6 Å². The van der Waals surface area contributed by atoms with E-state index in [9.17, 15) is 9.59 Å². The molecule has 1 aromatic heterocycles. The van der Waals surface area contributed by atoms with Crippen molar-refractivity contribution in [2.75, 3.05) is 17.2 Å². The molecule has 0 aliphatic carbocycles. The highest BCUT2D eigenvalue weighted by molar-refractivity contribution is 7.09. The molecule has 4 aromatic rings. The molecule has 0 saturated carbocycles. The van der Waals surface area contributed by atoms with Crippen LogP contribution in [0, 0.1) is 13.8 Å². The minimum Gasteiger partial charge on any atom is -0.482 e. The third-order valence-electron chi connectivity index (χ3n) is 4.93. The van der Waals surface area contributed by atoms with Gasteiger partial charge in [0.25, 0.3) is 5.91 Å². The first kappa shape index (κ1) is 24.0. The van der Waals surface area contributed by atoms with Crippen LogP contribution in [0.4, 0.5) is 11.4 Å². The zero-order valence-corrected chi connectivity index (χ0v) is 20.4. The lowest BCUT2D eigenvalue weighted by atomic mass is 10.1. The molecule has 0 spiro atoms. The minimum atomic E-state index is -0.328. The number of rotatable bonds is 8. The molecule has 4 rings (SSSR count). The van der Waals surface area contributed by atoms with Crippen LogP contribution in [-0.4, -0.2) is 23.4 Å². The second-order valence-corrected chi connectivity index (χ2v) is 8.99. The maximum Gasteiger partial charge on any atom is 0.262 e. The Morgan fingerprint density at radius 3 is 2.43 bits per heavy atom. The van der Waals surface area contributed by atoms with E-state index in [4.69, 9.17) is 9.47 Å². The quantitative estimate of drug-likeness (QED) is 0.309. The first-order chi connectivity index (χ1) is 16.9. The standard InChI is InChI=1S/C27H25N3O4S/c1-17-5-4-6-23(13-17)34-22-10-8-21(9-11-22)30-27(32)15-33-26-12-7-20(14-24(26)28-18(2)31)25-16-35-19(3)29-25/h4-14,16H,15H2,1-3H3,(H,28,31)(H,30,32). The summed E-state index contributed by atoms with van der Waals surface area (Å²) in [6.07, 6.45) is 0. The number of thiazole rings is 1. The molecule has 0 aliphatic heterocycles. The second kappa shape index (κ2) is 10.8. The maximum absolute atomic E-state index is 12.5. The Labute approximate surface area is 207 Å². The number of aryl methyl sites for hydroxylation is 2. The van der Waals surface area contributed by atoms with E-state index in [2.05, 4.69) is 15.6 Å². The van der Waals surface area contributed by atoms with Crippen molar-refractivity contribution < 1.29 is 19.1 Å². The van der Waals surface area contributed by atoms with Gasteiger partial charge < -0.3 is 20.1 Å². The molecule has 8 heteroatoms. The highest BCUT2D eigenvalue weighted by atomic mass is 32.1. The van der Waals surface area contributed by atoms with Crippen molar-refractivity contribution in [2.45, 2.75) is 20.8 Å². The molecule has 0 saturated heterocycles. The van der Waals surface area contributed by atoms with Crippen LogP contribution in [0.25, 0.3) is 11.3 Å². The number of nitrogens with one attached hydrogen (secondary N) is 2. The average Bonchev–Trinajstić information content (AvgIpc) is 3.25. The molecule has 178 valence electrons. The number of carbonyl (C=O) groups is 2. The number of hydrogen-bond donors (Lipinski definition) is 2. The predicted molar refractivity (Wildman–Crippen MR) is 138 cm³/mol. The van der Waals surface area contributed by atoms with Gasteiger partial charge in [-0.15, -0.1) is 11.3 Å². The Morgan fingerprint density at radius 1 is 0.943 bits per heavy atom. The van der Waals surface area contributed by atoms with E-state index in [1.165, 1.54) is 6.92 Å². The van der Waals surface area contributed by atoms with Gasteiger partial charge in [-0.25, -0.2) is 4.98 Å². The number of aromatic nitrogens is 1. The maximum atomic E-state index is 12.5. The third-order valence-corrected chi connectivity index (χ3v) is 5.70. The fraction of sp³-hybridized carbons (Fsp3) is 0.148. The molecule has 0 bridgehead atoms. The van der Waals surface area contributed by atoms with E-state index in [0.29, 0.717) is 22.9 Å². The van der Waals surface area contributed by atoms with Crippen LogP contribution in [-0.2, 0) is 9.59 Å². The molecule has 0 radical (unpaired) electrons. The third kappa shape index (κ3) is 6.68. The lowest BCUT2D eigenvalue weighted by Gasteiger charge is -2.13. The van der Waals surface area contributed by atoms with E-state index in [1.807, 2.05) is 49.6 Å². The van der Waals surface area contributed by atoms with Crippen molar-refractivity contribution in [3.05, 3.63) is 82.7 Å². The minimum absolute atomic E-state index is 0.219. The lowest BCUT2D eigenvalue weighted by Crippen LogP contribution is -2.20. The second-order valence-electron chi connectivity index (χ2n) is 7.92. The number of ether oxygens (including phenoxy) is 2. The molecule has 0 unspecified atom stereocenters. The van der Waals surface area contributed by atoms with E-state index < -0.39 is 0 Å². The van der Waals surface area contributed by atoms with Gasteiger partial charge in [-0.1, -0.05) is 12.1 Å². The number of amides is 2. The fourth-order valence-electron chi connectivity index (χ4n) is 3.36. The number of anilines is 2. The van der Waals surface area contributed by atoms with Gasteiger partial charge >= 0.3 is 0 Å². The Kier molecular flexibility index (Phi) is 7.42. The lowest BCUT2D eigenvalue weighted by molar-refractivity contribution is -0.118. The highest BCUT2D eigenvalue weighted by Gasteiger charge is 2.12. The summed E-state index contributed by atoms with van der Waals surface area (Å²) in [6, 6.07) is 20.2. The summed E-state index contributed by atoms with van der Waals surface area (Å²) in [5.74, 6) is 1.25. The normalized spacial score (nSPS) is 10.5. The fourth-order valence-corrected chi connectivity index (χ4v) is 3.98. The molecule has 0 aliphatic rings. The summed E-state index contributed by atoms with van der Waals surface area (Å²) in [5.41, 5.74) is 3.87. The molecule has 0 atom stereocenters. The van der Waals surface area contributed by atoms with Crippen molar-refractivity contribution in [1.29, 1.82) is 0 Å². The van der Waals surface area contributed by atoms with Crippen LogP contribution < -0.4 is 20.1 Å². The summed E-state index contributed by atoms with van der Waals surface area (Å²) in [7, 11) is 0. The number of carbonyl (C=O) groups excluding carboxylic acids is 2. The molecular weight excluding hydrogens is 462 g/mol. The molecule has 35 heavy (non-hydrogen) atoms. The van der Waals surface area contributed by atoms with Gasteiger partial charge in [-0.05, 0) is 74.0 Å². The first-order valence-corrected chi connectivity index (χ1v) is 11.8. The largest absolute Gasteiger partial charge is 0.482 e. The van der Waals surface area contributed by atoms with E-state index in [1.54, 1.807) is 47.7 Å². The Morgan fingerprint density at radius 2 is 1.74 bits per heavy atom. The van der Waals surface area contributed by atoms with Gasteiger partial charge in [0.1, 0.15) is 17.2 Å². The van der Waals surface area contributed by atoms with Crippen LogP contribution in [0.15, 0.2) is 72.1 Å². The van der Waals surface area contributed by atoms with Crippen LogP contribution in [0.5, 0.6) is 17.2 Å². The van der Waals surface area contributed by atoms with Crippen molar-refractivity contribution >= 4 is 34.5 Å². The monoisotopic (exact) mass is 487 g/mol. The Balaban J connectivity index is 1.37. The predicted octanol–water partition coefficient (Wildman–Crippen LogP) is 6.20. The van der Waals surface area contributed by atoms with Crippen LogP contribution in [0.1, 0.15) is 17.5 Å². The van der Waals surface area contributed by atoms with E-state index in [-0.39, 0.29) is 18.4 Å². The van der Waals surface area contributed by atoms with Crippen molar-refractivity contribution in [2.24, 2.45) is 0 Å². The molecular formula is C27H25N3O4S. The number of hydrogen-bond acceptors (Lipinski definition) is 6. The molecule has 7 nitrogen and oxygen atoms in total. The van der Waals surface area contributed by atoms with Crippen LogP contribution in [0.3, 0.4) is 0 Å². The molecule has 3 aromatic carbocycles. The zero-order valence-electron chi connectivity index (χ0n) is 19.6. The smallest absolute Gasteiger partial charge is 0.262 e. The molecule has 0 fully saturated rings. The van der Waals surface area contributed by atoms with E-state index in [0.717, 1.165) is 27.6 Å². The zero-order chi connectivity index (χ0) is 24.8. The van der Waals surface area contributed by atoms with Crippen molar-refractivity contribution in [3.63, 3.8) is 0 Å². The van der Waals surface area contributed by atoms with Crippen molar-refractivity contribution in [1.82, 2.24) is 4.98 Å². The molecule has 2 N–H and O–H groups in total. The summed E-state index contributed by atoms with van der Waals surface area (Å²) >= 11 is 1.55. The van der Waals surface area contributed by atoms with Crippen LogP contribution >= 0.6 is 11.3 Å². The Bertz CT molecular complexity index is 1350. The number of benzene rings is 3.